The van der Waals surface area contributed by atoms with E-state index in [0.29, 0.717) is 67.1 Å². The number of piperazine rings is 1. The van der Waals surface area contributed by atoms with E-state index in [0.717, 1.165) is 5.69 Å². The maximum atomic E-state index is 12.9. The van der Waals surface area contributed by atoms with E-state index in [1.54, 1.807) is 24.3 Å². The van der Waals surface area contributed by atoms with Crippen molar-refractivity contribution < 1.29 is 14.3 Å². The van der Waals surface area contributed by atoms with Crippen molar-refractivity contribution >= 4 is 34.8 Å². The molecule has 2 aromatic carbocycles. The van der Waals surface area contributed by atoms with Crippen LogP contribution in [0, 0.1) is 5.92 Å². The first-order chi connectivity index (χ1) is 14.9. The smallest absolute Gasteiger partial charge is 0.255 e. The molecule has 2 aromatic rings. The predicted molar refractivity (Wildman–Crippen MR) is 125 cm³/mol. The Morgan fingerprint density at radius 2 is 1.84 bits per heavy atom. The molecule has 7 heteroatoms. The molecule has 0 aromatic heterocycles. The Kier molecular flexibility index (Phi) is 7.80. The predicted octanol–water partition coefficient (Wildman–Crippen LogP) is 4.69. The maximum Gasteiger partial charge on any atom is 0.255 e. The van der Waals surface area contributed by atoms with Crippen molar-refractivity contribution in [1.82, 2.24) is 4.90 Å². The molecule has 0 radical (unpaired) electrons. The molecule has 0 saturated carbocycles. The Labute approximate surface area is 189 Å². The van der Waals surface area contributed by atoms with E-state index in [1.807, 2.05) is 30.0 Å². The van der Waals surface area contributed by atoms with Gasteiger partial charge in [-0.2, -0.15) is 0 Å². The molecule has 0 bridgehead atoms. The van der Waals surface area contributed by atoms with Crippen LogP contribution in [-0.4, -0.2) is 49.5 Å². The summed E-state index contributed by atoms with van der Waals surface area (Å²) in [5.41, 5.74) is 2.07. The van der Waals surface area contributed by atoms with E-state index in [2.05, 4.69) is 24.1 Å². The van der Waals surface area contributed by atoms with Crippen molar-refractivity contribution in [2.45, 2.75) is 27.2 Å². The van der Waals surface area contributed by atoms with Gasteiger partial charge in [-0.15, -0.1) is 0 Å². The van der Waals surface area contributed by atoms with Gasteiger partial charge in [0, 0.05) is 43.2 Å². The van der Waals surface area contributed by atoms with Crippen molar-refractivity contribution in [2.75, 3.05) is 43.0 Å². The number of hydrogen-bond donors (Lipinski definition) is 1. The summed E-state index contributed by atoms with van der Waals surface area (Å²) in [6, 6.07) is 12.6. The fraction of sp³-hybridized carbons (Fsp3) is 0.417. The number of hydrogen-bond acceptors (Lipinski definition) is 4. The van der Waals surface area contributed by atoms with Crippen LogP contribution in [0.15, 0.2) is 42.5 Å². The number of amides is 2. The number of nitrogens with one attached hydrogen (secondary N) is 1. The minimum atomic E-state index is -0.226. The van der Waals surface area contributed by atoms with Gasteiger partial charge < -0.3 is 19.9 Å². The standard InChI is InChI=1S/C24H30ClN3O3/c1-4-31-20-7-5-6-18(15-20)24(30)26-21-16-19(25)8-9-22(21)27-10-12-28(13-11-27)23(29)14-17(2)3/h5-9,15-17H,4,10-14H2,1-3H3,(H,26,30). The van der Waals surface area contributed by atoms with Crippen molar-refractivity contribution in [3.63, 3.8) is 0 Å². The zero-order valence-electron chi connectivity index (χ0n) is 18.4. The number of ether oxygens (including phenoxy) is 1. The molecular formula is C24H30ClN3O3. The first-order valence-electron chi connectivity index (χ1n) is 10.7. The monoisotopic (exact) mass is 443 g/mol. The molecule has 1 heterocycles. The van der Waals surface area contributed by atoms with Gasteiger partial charge in [0.1, 0.15) is 5.75 Å². The van der Waals surface area contributed by atoms with Crippen LogP contribution in [0.5, 0.6) is 5.75 Å². The van der Waals surface area contributed by atoms with Crippen molar-refractivity contribution in [1.29, 1.82) is 0 Å². The summed E-state index contributed by atoms with van der Waals surface area (Å²) < 4.78 is 5.50. The van der Waals surface area contributed by atoms with Crippen LogP contribution in [0.3, 0.4) is 0 Å². The lowest BCUT2D eigenvalue weighted by Crippen LogP contribution is -2.49. The third kappa shape index (κ3) is 6.14. The molecule has 1 fully saturated rings. The summed E-state index contributed by atoms with van der Waals surface area (Å²) in [5.74, 6) is 0.984. The molecule has 1 N–H and O–H groups in total. The van der Waals surface area contributed by atoms with Crippen molar-refractivity contribution in [2.24, 2.45) is 5.92 Å². The summed E-state index contributed by atoms with van der Waals surface area (Å²) in [7, 11) is 0. The molecule has 0 aliphatic carbocycles. The van der Waals surface area contributed by atoms with Gasteiger partial charge >= 0.3 is 0 Å². The van der Waals surface area contributed by atoms with Gasteiger partial charge in [0.2, 0.25) is 5.91 Å². The van der Waals surface area contributed by atoms with E-state index in [9.17, 15) is 9.59 Å². The van der Waals surface area contributed by atoms with Gasteiger partial charge in [-0.1, -0.05) is 31.5 Å². The largest absolute Gasteiger partial charge is 0.494 e. The van der Waals surface area contributed by atoms with Crippen LogP contribution in [0.2, 0.25) is 5.02 Å². The zero-order valence-corrected chi connectivity index (χ0v) is 19.1. The summed E-state index contributed by atoms with van der Waals surface area (Å²) in [5, 5.41) is 3.54. The molecule has 2 amide bonds. The Bertz CT molecular complexity index is 924. The Morgan fingerprint density at radius 3 is 2.52 bits per heavy atom. The maximum absolute atomic E-state index is 12.9. The number of anilines is 2. The molecular weight excluding hydrogens is 414 g/mol. The molecule has 31 heavy (non-hydrogen) atoms. The van der Waals surface area contributed by atoms with Gasteiger partial charge in [-0.25, -0.2) is 0 Å². The summed E-state index contributed by atoms with van der Waals surface area (Å²) >= 11 is 6.22. The van der Waals surface area contributed by atoms with Gasteiger partial charge in [0.05, 0.1) is 18.0 Å². The molecule has 0 atom stereocenters. The highest BCUT2D eigenvalue weighted by atomic mass is 35.5. The minimum absolute atomic E-state index is 0.202. The molecule has 1 aliphatic rings. The highest BCUT2D eigenvalue weighted by Crippen LogP contribution is 2.31. The quantitative estimate of drug-likeness (QED) is 0.674. The van der Waals surface area contributed by atoms with E-state index >= 15 is 0 Å². The molecule has 3 rings (SSSR count). The molecule has 166 valence electrons. The SMILES string of the molecule is CCOc1cccc(C(=O)Nc2cc(Cl)ccc2N2CCN(C(=O)CC(C)C)CC2)c1. The average Bonchev–Trinajstić information content (AvgIpc) is 2.74. The first kappa shape index (κ1) is 22.9. The summed E-state index contributed by atoms with van der Waals surface area (Å²) in [6.45, 7) is 9.29. The first-order valence-corrected chi connectivity index (χ1v) is 11.1. The van der Waals surface area contributed by atoms with Crippen LogP contribution < -0.4 is 15.0 Å². The lowest BCUT2D eigenvalue weighted by molar-refractivity contribution is -0.132. The van der Waals surface area contributed by atoms with E-state index in [1.165, 1.54) is 0 Å². The molecule has 1 aliphatic heterocycles. The van der Waals surface area contributed by atoms with Crippen LogP contribution in [0.25, 0.3) is 0 Å². The van der Waals surface area contributed by atoms with E-state index in [-0.39, 0.29) is 11.8 Å². The zero-order chi connectivity index (χ0) is 22.4. The third-order valence-corrected chi connectivity index (χ3v) is 5.41. The van der Waals surface area contributed by atoms with Gasteiger partial charge in [-0.3, -0.25) is 9.59 Å². The second kappa shape index (κ2) is 10.5. The fourth-order valence-corrected chi connectivity index (χ4v) is 3.82. The minimum Gasteiger partial charge on any atom is -0.494 e. The average molecular weight is 444 g/mol. The Balaban J connectivity index is 1.72. The van der Waals surface area contributed by atoms with E-state index < -0.39 is 0 Å². The summed E-state index contributed by atoms with van der Waals surface area (Å²) in [6.07, 6.45) is 0.572. The lowest BCUT2D eigenvalue weighted by Gasteiger charge is -2.37. The Hall–Kier alpha value is -2.73. The van der Waals surface area contributed by atoms with Crippen molar-refractivity contribution in [3.8, 4) is 5.75 Å². The van der Waals surface area contributed by atoms with Gasteiger partial charge in [-0.05, 0) is 49.2 Å². The van der Waals surface area contributed by atoms with Crippen LogP contribution in [0.1, 0.15) is 37.6 Å². The lowest BCUT2D eigenvalue weighted by atomic mass is 10.1. The van der Waals surface area contributed by atoms with Gasteiger partial charge in [0.15, 0.2) is 0 Å². The number of benzene rings is 2. The summed E-state index contributed by atoms with van der Waals surface area (Å²) in [4.78, 5) is 29.3. The number of carbonyl (C=O) groups is 2. The number of nitrogens with zero attached hydrogens (tertiary/aromatic N) is 2. The Morgan fingerprint density at radius 1 is 1.10 bits per heavy atom. The number of halogens is 1. The number of carbonyl (C=O) groups excluding carboxylic acids is 2. The molecule has 6 nitrogen and oxygen atoms in total. The second-order valence-electron chi connectivity index (χ2n) is 8.04. The molecule has 0 unspecified atom stereocenters. The third-order valence-electron chi connectivity index (χ3n) is 5.17. The topological polar surface area (TPSA) is 61.9 Å². The highest BCUT2D eigenvalue weighted by Gasteiger charge is 2.23. The normalized spacial score (nSPS) is 14.0. The van der Waals surface area contributed by atoms with Gasteiger partial charge in [0.25, 0.3) is 5.91 Å². The van der Waals surface area contributed by atoms with E-state index in [4.69, 9.17) is 16.3 Å². The van der Waals surface area contributed by atoms with Crippen LogP contribution >= 0.6 is 11.6 Å². The van der Waals surface area contributed by atoms with Crippen molar-refractivity contribution in [3.05, 3.63) is 53.1 Å². The fourth-order valence-electron chi connectivity index (χ4n) is 3.65. The molecule has 1 saturated heterocycles. The second-order valence-corrected chi connectivity index (χ2v) is 8.48. The highest BCUT2D eigenvalue weighted by molar-refractivity contribution is 6.31. The van der Waals surface area contributed by atoms with Crippen LogP contribution in [-0.2, 0) is 4.79 Å². The van der Waals surface area contributed by atoms with Crippen LogP contribution in [0.4, 0.5) is 11.4 Å². The number of rotatable bonds is 7. The molecule has 0 spiro atoms.